The predicted octanol–water partition coefficient (Wildman–Crippen LogP) is 4.37. The fourth-order valence-electron chi connectivity index (χ4n) is 2.56. The second kappa shape index (κ2) is 8.07. The maximum Gasteiger partial charge on any atom is 0.161 e. The first-order valence-electron chi connectivity index (χ1n) is 7.70. The van der Waals surface area contributed by atoms with Gasteiger partial charge in [-0.1, -0.05) is 12.1 Å². The minimum Gasteiger partial charge on any atom is -0.496 e. The van der Waals surface area contributed by atoms with Gasteiger partial charge in [-0.05, 0) is 60.4 Å². The molecule has 0 aliphatic heterocycles. The molecule has 0 radical (unpaired) electrons. The zero-order chi connectivity index (χ0) is 17.5. The second-order valence-corrected chi connectivity index (χ2v) is 5.17. The van der Waals surface area contributed by atoms with Crippen LogP contribution in [-0.4, -0.2) is 20.8 Å². The fraction of sp³-hybridized carbons (Fsp3) is 0.250. The van der Waals surface area contributed by atoms with E-state index in [9.17, 15) is 5.26 Å². The molecule has 0 bridgehead atoms. The summed E-state index contributed by atoms with van der Waals surface area (Å²) < 4.78 is 16.3. The molecule has 0 amide bonds. The summed E-state index contributed by atoms with van der Waals surface area (Å²) in [7, 11) is 3.25. The van der Waals surface area contributed by atoms with Gasteiger partial charge in [0.25, 0.3) is 0 Å². The first-order valence-corrected chi connectivity index (χ1v) is 7.70. The molecule has 0 aliphatic rings. The number of hydrogen-bond donors (Lipinski definition) is 0. The van der Waals surface area contributed by atoms with E-state index in [1.807, 2.05) is 50.2 Å². The van der Waals surface area contributed by atoms with Crippen LogP contribution in [0.5, 0.6) is 17.2 Å². The van der Waals surface area contributed by atoms with Crippen LogP contribution < -0.4 is 14.2 Å². The van der Waals surface area contributed by atoms with E-state index in [4.69, 9.17) is 14.2 Å². The third-order valence-electron chi connectivity index (χ3n) is 3.69. The topological polar surface area (TPSA) is 51.5 Å². The smallest absolute Gasteiger partial charge is 0.161 e. The van der Waals surface area contributed by atoms with Crippen LogP contribution in [0.2, 0.25) is 0 Å². The Bertz CT molecular complexity index is 788. The van der Waals surface area contributed by atoms with E-state index in [0.29, 0.717) is 18.1 Å². The summed E-state index contributed by atoms with van der Waals surface area (Å²) in [5.41, 5.74) is 3.68. The molecule has 0 saturated heterocycles. The Balaban J connectivity index is 2.53. The number of aryl methyl sites for hydroxylation is 1. The SMILES string of the molecule is CCOc1cc(/C(=C/C#N)c2ccc(OC)c(C)c2)ccc1OC. The summed E-state index contributed by atoms with van der Waals surface area (Å²) in [5.74, 6) is 2.15. The van der Waals surface area contributed by atoms with Crippen molar-refractivity contribution in [2.45, 2.75) is 13.8 Å². The van der Waals surface area contributed by atoms with Crippen LogP contribution in [0.4, 0.5) is 0 Å². The summed E-state index contributed by atoms with van der Waals surface area (Å²) in [6, 6.07) is 13.6. The Morgan fingerprint density at radius 1 is 1.00 bits per heavy atom. The molecule has 2 aromatic rings. The number of nitrogens with zero attached hydrogens (tertiary/aromatic N) is 1. The lowest BCUT2D eigenvalue weighted by Crippen LogP contribution is -1.97. The summed E-state index contributed by atoms with van der Waals surface area (Å²) in [5, 5.41) is 9.20. The lowest BCUT2D eigenvalue weighted by molar-refractivity contribution is 0.311. The van der Waals surface area contributed by atoms with Crippen molar-refractivity contribution >= 4 is 5.57 Å². The van der Waals surface area contributed by atoms with E-state index in [1.54, 1.807) is 20.3 Å². The van der Waals surface area contributed by atoms with Crippen molar-refractivity contribution < 1.29 is 14.2 Å². The van der Waals surface area contributed by atoms with Crippen LogP contribution in [0.1, 0.15) is 23.6 Å². The van der Waals surface area contributed by atoms with Crippen molar-refractivity contribution in [3.8, 4) is 23.3 Å². The minimum atomic E-state index is 0.540. The maximum atomic E-state index is 9.20. The van der Waals surface area contributed by atoms with Crippen molar-refractivity contribution in [3.63, 3.8) is 0 Å². The van der Waals surface area contributed by atoms with Gasteiger partial charge in [-0.2, -0.15) is 5.26 Å². The number of benzene rings is 2. The molecule has 2 rings (SSSR count). The molecule has 0 aromatic heterocycles. The maximum absolute atomic E-state index is 9.20. The largest absolute Gasteiger partial charge is 0.496 e. The molecule has 124 valence electrons. The zero-order valence-electron chi connectivity index (χ0n) is 14.4. The fourth-order valence-corrected chi connectivity index (χ4v) is 2.56. The first kappa shape index (κ1) is 17.4. The quantitative estimate of drug-likeness (QED) is 0.741. The lowest BCUT2D eigenvalue weighted by atomic mass is 9.96. The normalized spacial score (nSPS) is 10.9. The molecule has 4 nitrogen and oxygen atoms in total. The van der Waals surface area contributed by atoms with E-state index < -0.39 is 0 Å². The Kier molecular flexibility index (Phi) is 5.86. The van der Waals surface area contributed by atoms with Gasteiger partial charge in [0.1, 0.15) is 5.75 Å². The van der Waals surface area contributed by atoms with Crippen molar-refractivity contribution in [1.82, 2.24) is 0 Å². The molecule has 0 fully saturated rings. The highest BCUT2D eigenvalue weighted by atomic mass is 16.5. The highest BCUT2D eigenvalue weighted by Crippen LogP contribution is 2.34. The molecule has 2 aromatic carbocycles. The molecular weight excluding hydrogens is 302 g/mol. The highest BCUT2D eigenvalue weighted by Gasteiger charge is 2.12. The second-order valence-electron chi connectivity index (χ2n) is 5.17. The Morgan fingerprint density at radius 2 is 1.62 bits per heavy atom. The number of ether oxygens (including phenoxy) is 3. The summed E-state index contributed by atoms with van der Waals surface area (Å²) in [6.07, 6.45) is 1.54. The Hall–Kier alpha value is -2.93. The standard InChI is InChI=1S/C20H21NO3/c1-5-24-20-13-16(7-9-19(20)23-4)17(10-11-21)15-6-8-18(22-3)14(2)12-15/h6-10,12-13H,5H2,1-4H3/b17-10+. The van der Waals surface area contributed by atoms with Crippen LogP contribution >= 0.6 is 0 Å². The summed E-state index contributed by atoms with van der Waals surface area (Å²) >= 11 is 0. The average molecular weight is 323 g/mol. The minimum absolute atomic E-state index is 0.540. The first-order chi connectivity index (χ1) is 11.6. The molecule has 0 saturated carbocycles. The van der Waals surface area contributed by atoms with Gasteiger partial charge in [0.05, 0.1) is 26.9 Å². The summed E-state index contributed by atoms with van der Waals surface area (Å²) in [4.78, 5) is 0. The van der Waals surface area contributed by atoms with Gasteiger partial charge in [-0.3, -0.25) is 0 Å². The van der Waals surface area contributed by atoms with Crippen molar-refractivity contribution in [3.05, 3.63) is 59.2 Å². The lowest BCUT2D eigenvalue weighted by Gasteiger charge is -2.14. The monoisotopic (exact) mass is 323 g/mol. The van der Waals surface area contributed by atoms with E-state index in [1.165, 1.54) is 0 Å². The summed E-state index contributed by atoms with van der Waals surface area (Å²) in [6.45, 7) is 4.44. The third-order valence-corrected chi connectivity index (χ3v) is 3.69. The zero-order valence-corrected chi connectivity index (χ0v) is 14.4. The van der Waals surface area contributed by atoms with Gasteiger partial charge in [-0.25, -0.2) is 0 Å². The third kappa shape index (κ3) is 3.69. The molecular formula is C20H21NO3. The van der Waals surface area contributed by atoms with Crippen LogP contribution in [0.25, 0.3) is 5.57 Å². The number of hydrogen-bond acceptors (Lipinski definition) is 4. The van der Waals surface area contributed by atoms with Crippen LogP contribution in [-0.2, 0) is 0 Å². The van der Waals surface area contributed by atoms with Crippen LogP contribution in [0.3, 0.4) is 0 Å². The van der Waals surface area contributed by atoms with Gasteiger partial charge < -0.3 is 14.2 Å². The number of rotatable bonds is 6. The van der Waals surface area contributed by atoms with E-state index >= 15 is 0 Å². The molecule has 0 heterocycles. The van der Waals surface area contributed by atoms with E-state index in [2.05, 4.69) is 6.07 Å². The van der Waals surface area contributed by atoms with Gasteiger partial charge in [0.15, 0.2) is 11.5 Å². The number of methoxy groups -OCH3 is 2. The Morgan fingerprint density at radius 3 is 2.17 bits per heavy atom. The van der Waals surface area contributed by atoms with Gasteiger partial charge in [0.2, 0.25) is 0 Å². The number of nitriles is 1. The van der Waals surface area contributed by atoms with Crippen molar-refractivity contribution in [2.24, 2.45) is 0 Å². The van der Waals surface area contributed by atoms with Crippen LogP contribution in [0.15, 0.2) is 42.5 Å². The van der Waals surface area contributed by atoms with E-state index in [0.717, 1.165) is 28.0 Å². The predicted molar refractivity (Wildman–Crippen MR) is 94.6 cm³/mol. The molecule has 0 N–H and O–H groups in total. The van der Waals surface area contributed by atoms with Crippen molar-refractivity contribution in [2.75, 3.05) is 20.8 Å². The molecule has 0 aliphatic carbocycles. The molecule has 24 heavy (non-hydrogen) atoms. The highest BCUT2D eigenvalue weighted by molar-refractivity contribution is 5.82. The molecule has 0 atom stereocenters. The van der Waals surface area contributed by atoms with Gasteiger partial charge in [-0.15, -0.1) is 0 Å². The number of allylic oxidation sites excluding steroid dienone is 1. The van der Waals surface area contributed by atoms with Crippen LogP contribution in [0, 0.1) is 18.3 Å². The Labute approximate surface area is 142 Å². The van der Waals surface area contributed by atoms with Gasteiger partial charge >= 0.3 is 0 Å². The molecule has 0 spiro atoms. The van der Waals surface area contributed by atoms with E-state index in [-0.39, 0.29) is 0 Å². The van der Waals surface area contributed by atoms with Gasteiger partial charge in [0, 0.05) is 6.08 Å². The van der Waals surface area contributed by atoms with Crippen molar-refractivity contribution in [1.29, 1.82) is 5.26 Å². The average Bonchev–Trinajstić information content (AvgIpc) is 2.60. The molecule has 0 unspecified atom stereocenters. The molecule has 4 heteroatoms.